The van der Waals surface area contributed by atoms with Gasteiger partial charge in [0.2, 0.25) is 0 Å². The summed E-state index contributed by atoms with van der Waals surface area (Å²) in [5, 5.41) is 17.8. The second-order valence-corrected chi connectivity index (χ2v) is 4.11. The van der Waals surface area contributed by atoms with Crippen LogP contribution in [0.1, 0.15) is 42.6 Å². The molecular formula is C12H18N4O2. The largest absolute Gasteiger partial charge is 0.364 e. The summed E-state index contributed by atoms with van der Waals surface area (Å²) >= 11 is 0. The fourth-order valence-electron chi connectivity index (χ4n) is 1.57. The Morgan fingerprint density at radius 2 is 2.28 bits per heavy atom. The molecule has 1 aromatic heterocycles. The highest BCUT2D eigenvalue weighted by Gasteiger charge is 2.09. The van der Waals surface area contributed by atoms with Gasteiger partial charge in [-0.1, -0.05) is 18.0 Å². The monoisotopic (exact) mass is 250 g/mol. The van der Waals surface area contributed by atoms with Crippen LogP contribution in [0, 0.1) is 10.8 Å². The molecule has 6 nitrogen and oxygen atoms in total. The van der Waals surface area contributed by atoms with E-state index in [0.717, 1.165) is 25.5 Å². The van der Waals surface area contributed by atoms with E-state index >= 15 is 0 Å². The van der Waals surface area contributed by atoms with E-state index in [1.165, 1.54) is 6.26 Å². The van der Waals surface area contributed by atoms with Crippen LogP contribution in [-0.4, -0.2) is 28.9 Å². The van der Waals surface area contributed by atoms with E-state index < -0.39 is 0 Å². The number of ketones is 1. The summed E-state index contributed by atoms with van der Waals surface area (Å²) in [5.41, 5.74) is 6.20. The van der Waals surface area contributed by atoms with Crippen molar-refractivity contribution in [2.45, 2.75) is 38.1 Å². The molecule has 1 rings (SSSR count). The van der Waals surface area contributed by atoms with E-state index in [-0.39, 0.29) is 17.5 Å². The summed E-state index contributed by atoms with van der Waals surface area (Å²) in [5.74, 6) is -0.0136. The zero-order valence-corrected chi connectivity index (χ0v) is 10.2. The van der Waals surface area contributed by atoms with Crippen LogP contribution in [-0.2, 0) is 0 Å². The predicted molar refractivity (Wildman–Crippen MR) is 68.4 cm³/mol. The maximum absolute atomic E-state index is 11.5. The highest BCUT2D eigenvalue weighted by atomic mass is 16.5. The minimum Gasteiger partial charge on any atom is -0.364 e. The van der Waals surface area contributed by atoms with E-state index in [4.69, 9.17) is 16.6 Å². The normalized spacial score (nSPS) is 12.1. The number of rotatable bonds is 9. The molecule has 0 amide bonds. The zero-order valence-electron chi connectivity index (χ0n) is 10.2. The Morgan fingerprint density at radius 3 is 2.89 bits per heavy atom. The first-order valence-corrected chi connectivity index (χ1v) is 5.93. The molecule has 1 aromatic rings. The Bertz CT molecular complexity index is 400. The van der Waals surface area contributed by atoms with E-state index in [1.54, 1.807) is 6.07 Å². The number of nitrogens with zero attached hydrogens (tertiary/aromatic N) is 1. The summed E-state index contributed by atoms with van der Waals surface area (Å²) < 4.78 is 4.60. The molecule has 18 heavy (non-hydrogen) atoms. The van der Waals surface area contributed by atoms with Gasteiger partial charge >= 0.3 is 0 Å². The van der Waals surface area contributed by atoms with E-state index in [1.807, 2.05) is 0 Å². The molecule has 4 N–H and O–H groups in total. The molecule has 6 heteroatoms. The Kier molecular flexibility index (Phi) is 5.93. The van der Waals surface area contributed by atoms with Gasteiger partial charge in [-0.25, -0.2) is 0 Å². The van der Waals surface area contributed by atoms with E-state index in [0.29, 0.717) is 18.5 Å². The lowest BCUT2D eigenvalue weighted by molar-refractivity contribution is 0.0970. The Hall–Kier alpha value is -1.82. The van der Waals surface area contributed by atoms with Gasteiger partial charge in [-0.2, -0.15) is 0 Å². The molecule has 1 atom stereocenters. The zero-order chi connectivity index (χ0) is 13.4. The first-order valence-electron chi connectivity index (χ1n) is 5.93. The van der Waals surface area contributed by atoms with Gasteiger partial charge in [-0.15, -0.1) is 0 Å². The standard InChI is InChI=1S/C12H18N4O2/c13-8-10(15)9(14)4-2-1-3-5-12(17)11-6-7-18-16-11/h6-9,13,15H,1-5,14H2. The van der Waals surface area contributed by atoms with E-state index in [9.17, 15) is 4.79 Å². The van der Waals surface area contributed by atoms with Crippen LogP contribution in [0.5, 0.6) is 0 Å². The molecule has 0 saturated heterocycles. The summed E-state index contributed by atoms with van der Waals surface area (Å²) in [6.07, 6.45) is 5.98. The summed E-state index contributed by atoms with van der Waals surface area (Å²) in [7, 11) is 0. The Balaban J connectivity index is 2.10. The summed E-state index contributed by atoms with van der Waals surface area (Å²) in [4.78, 5) is 11.5. The average molecular weight is 250 g/mol. The lowest BCUT2D eigenvalue weighted by Crippen LogP contribution is -2.30. The third-order valence-electron chi connectivity index (χ3n) is 2.70. The first-order chi connectivity index (χ1) is 8.65. The van der Waals surface area contributed by atoms with Crippen molar-refractivity contribution in [2.24, 2.45) is 5.73 Å². The fourth-order valence-corrected chi connectivity index (χ4v) is 1.57. The van der Waals surface area contributed by atoms with Crippen molar-refractivity contribution >= 4 is 17.7 Å². The molecular weight excluding hydrogens is 232 g/mol. The van der Waals surface area contributed by atoms with Gasteiger partial charge in [-0.3, -0.25) is 4.79 Å². The first kappa shape index (κ1) is 14.2. The molecule has 0 fully saturated rings. The van der Waals surface area contributed by atoms with Crippen molar-refractivity contribution in [3.63, 3.8) is 0 Å². The van der Waals surface area contributed by atoms with Crippen molar-refractivity contribution in [3.8, 4) is 0 Å². The van der Waals surface area contributed by atoms with Crippen molar-refractivity contribution in [3.05, 3.63) is 18.0 Å². The van der Waals surface area contributed by atoms with Crippen molar-refractivity contribution < 1.29 is 9.32 Å². The smallest absolute Gasteiger partial charge is 0.184 e. The maximum atomic E-state index is 11.5. The second-order valence-electron chi connectivity index (χ2n) is 4.11. The number of carbonyl (C=O) groups is 1. The molecule has 0 bridgehead atoms. The van der Waals surface area contributed by atoms with Gasteiger partial charge < -0.3 is 21.1 Å². The quantitative estimate of drug-likeness (QED) is 0.352. The fraction of sp³-hybridized carbons (Fsp3) is 0.500. The molecule has 0 radical (unpaired) electrons. The van der Waals surface area contributed by atoms with Gasteiger partial charge in [0, 0.05) is 24.7 Å². The molecule has 0 aromatic carbocycles. The number of unbranched alkanes of at least 4 members (excludes halogenated alkanes) is 2. The molecule has 0 spiro atoms. The SMILES string of the molecule is N=CC(=N)C(N)CCCCCC(=O)c1ccon1. The van der Waals surface area contributed by atoms with Crippen LogP contribution in [0.2, 0.25) is 0 Å². The molecule has 0 aliphatic rings. The minimum absolute atomic E-state index is 0.0136. The van der Waals surface area contributed by atoms with Crippen molar-refractivity contribution in [1.82, 2.24) is 5.16 Å². The van der Waals surface area contributed by atoms with Gasteiger partial charge in [0.1, 0.15) is 12.0 Å². The predicted octanol–water partition coefficient (Wildman–Crippen LogP) is 1.80. The van der Waals surface area contributed by atoms with Gasteiger partial charge in [0.25, 0.3) is 0 Å². The summed E-state index contributed by atoms with van der Waals surface area (Å²) in [6, 6.07) is 1.19. The number of hydrogen-bond donors (Lipinski definition) is 3. The second kappa shape index (κ2) is 7.50. The topological polar surface area (TPSA) is 117 Å². The van der Waals surface area contributed by atoms with Gasteiger partial charge in [0.05, 0.1) is 5.71 Å². The lowest BCUT2D eigenvalue weighted by atomic mass is 10.0. The molecule has 0 aliphatic carbocycles. The highest BCUT2D eigenvalue weighted by Crippen LogP contribution is 2.08. The van der Waals surface area contributed by atoms with Crippen LogP contribution >= 0.6 is 0 Å². The van der Waals surface area contributed by atoms with Crippen LogP contribution in [0.3, 0.4) is 0 Å². The van der Waals surface area contributed by atoms with Gasteiger partial charge in [0.15, 0.2) is 5.78 Å². The van der Waals surface area contributed by atoms with Crippen molar-refractivity contribution in [2.75, 3.05) is 0 Å². The molecule has 0 saturated carbocycles. The van der Waals surface area contributed by atoms with E-state index in [2.05, 4.69) is 9.68 Å². The van der Waals surface area contributed by atoms with Crippen LogP contribution in [0.15, 0.2) is 16.9 Å². The third-order valence-corrected chi connectivity index (χ3v) is 2.70. The minimum atomic E-state index is -0.367. The number of aromatic nitrogens is 1. The molecule has 0 aliphatic heterocycles. The van der Waals surface area contributed by atoms with Crippen LogP contribution < -0.4 is 5.73 Å². The number of nitrogens with one attached hydrogen (secondary N) is 2. The van der Waals surface area contributed by atoms with Crippen molar-refractivity contribution in [1.29, 1.82) is 10.8 Å². The number of hydrogen-bond acceptors (Lipinski definition) is 6. The molecule has 1 unspecified atom stereocenters. The third kappa shape index (κ3) is 4.58. The number of Topliss-reactive ketones (excluding diaryl/α,β-unsaturated/α-hetero) is 1. The maximum Gasteiger partial charge on any atom is 0.184 e. The molecule has 98 valence electrons. The lowest BCUT2D eigenvalue weighted by Gasteiger charge is -2.08. The molecule has 1 heterocycles. The average Bonchev–Trinajstić information content (AvgIpc) is 2.90. The van der Waals surface area contributed by atoms with Gasteiger partial charge in [-0.05, 0) is 12.8 Å². The summed E-state index contributed by atoms with van der Waals surface area (Å²) in [6.45, 7) is 0. The van der Waals surface area contributed by atoms with Crippen LogP contribution in [0.4, 0.5) is 0 Å². The Labute approximate surface area is 106 Å². The Morgan fingerprint density at radius 1 is 1.50 bits per heavy atom. The number of nitrogens with two attached hydrogens (primary N) is 1. The van der Waals surface area contributed by atoms with Crippen LogP contribution in [0.25, 0.3) is 0 Å². The highest BCUT2D eigenvalue weighted by molar-refractivity contribution is 6.30. The number of carbonyl (C=O) groups excluding carboxylic acids is 1.